The van der Waals surface area contributed by atoms with Gasteiger partial charge in [0.1, 0.15) is 0 Å². The zero-order valence-corrected chi connectivity index (χ0v) is 11.8. The number of rotatable bonds is 3. The van der Waals surface area contributed by atoms with Gasteiger partial charge < -0.3 is 5.73 Å². The summed E-state index contributed by atoms with van der Waals surface area (Å²) in [5.41, 5.74) is 5.82. The molecule has 1 aromatic carbocycles. The van der Waals surface area contributed by atoms with Crippen LogP contribution in [0, 0.1) is 5.92 Å². The summed E-state index contributed by atoms with van der Waals surface area (Å²) in [6.07, 6.45) is 0.817. The van der Waals surface area contributed by atoms with E-state index in [0.29, 0.717) is 18.1 Å². The van der Waals surface area contributed by atoms with Gasteiger partial charge in [-0.25, -0.2) is 8.42 Å². The van der Waals surface area contributed by atoms with Crippen LogP contribution in [0.5, 0.6) is 0 Å². The maximum absolute atomic E-state index is 12.4. The molecule has 6 heteroatoms. The van der Waals surface area contributed by atoms with Crippen molar-refractivity contribution in [2.45, 2.75) is 24.3 Å². The molecule has 0 radical (unpaired) electrons. The first kappa shape index (κ1) is 13.8. The molecule has 1 aliphatic rings. The Morgan fingerprint density at radius 3 is 2.78 bits per heavy atom. The van der Waals surface area contributed by atoms with E-state index in [-0.39, 0.29) is 16.9 Å². The zero-order chi connectivity index (χ0) is 13.3. The van der Waals surface area contributed by atoms with Gasteiger partial charge in [-0.15, -0.1) is 0 Å². The third kappa shape index (κ3) is 2.69. The Balaban J connectivity index is 2.23. The lowest BCUT2D eigenvalue weighted by atomic mass is 10.0. The first-order valence-electron chi connectivity index (χ1n) is 5.92. The van der Waals surface area contributed by atoms with Gasteiger partial charge in [0.05, 0.1) is 4.90 Å². The number of nitrogens with two attached hydrogens (primary N) is 1. The molecule has 18 heavy (non-hydrogen) atoms. The van der Waals surface area contributed by atoms with E-state index >= 15 is 0 Å². The number of hydrogen-bond acceptors (Lipinski definition) is 3. The van der Waals surface area contributed by atoms with E-state index in [2.05, 4.69) is 0 Å². The number of benzene rings is 1. The summed E-state index contributed by atoms with van der Waals surface area (Å²) >= 11 is 5.83. The summed E-state index contributed by atoms with van der Waals surface area (Å²) in [7, 11) is -3.43. The van der Waals surface area contributed by atoms with Gasteiger partial charge in [0.25, 0.3) is 0 Å². The Hall–Kier alpha value is -0.620. The van der Waals surface area contributed by atoms with E-state index in [0.717, 1.165) is 6.42 Å². The van der Waals surface area contributed by atoms with Gasteiger partial charge in [-0.2, -0.15) is 4.31 Å². The second kappa shape index (κ2) is 5.17. The fourth-order valence-corrected chi connectivity index (χ4v) is 3.99. The van der Waals surface area contributed by atoms with Crippen molar-refractivity contribution in [3.63, 3.8) is 0 Å². The highest BCUT2D eigenvalue weighted by atomic mass is 35.5. The van der Waals surface area contributed by atoms with Crippen molar-refractivity contribution in [2.75, 3.05) is 13.1 Å². The van der Waals surface area contributed by atoms with Gasteiger partial charge >= 0.3 is 0 Å². The van der Waals surface area contributed by atoms with Crippen LogP contribution in [0.4, 0.5) is 0 Å². The molecule has 4 nitrogen and oxygen atoms in total. The molecule has 0 bridgehead atoms. The molecule has 1 fully saturated rings. The Labute approximate surface area is 113 Å². The van der Waals surface area contributed by atoms with Crippen LogP contribution < -0.4 is 5.73 Å². The fourth-order valence-electron chi connectivity index (χ4n) is 2.18. The summed E-state index contributed by atoms with van der Waals surface area (Å²) in [4.78, 5) is 0.250. The molecule has 100 valence electrons. The maximum atomic E-state index is 12.4. The van der Waals surface area contributed by atoms with Crippen LogP contribution in [0.3, 0.4) is 0 Å². The predicted molar refractivity (Wildman–Crippen MR) is 72.0 cm³/mol. The van der Waals surface area contributed by atoms with Crippen molar-refractivity contribution in [3.8, 4) is 0 Å². The van der Waals surface area contributed by atoms with E-state index in [1.54, 1.807) is 18.2 Å². The van der Waals surface area contributed by atoms with Gasteiger partial charge in [0.15, 0.2) is 0 Å². The second-order valence-electron chi connectivity index (χ2n) is 4.73. The van der Waals surface area contributed by atoms with Crippen molar-refractivity contribution in [1.29, 1.82) is 0 Å². The van der Waals surface area contributed by atoms with Crippen LogP contribution >= 0.6 is 11.6 Å². The molecular formula is C12H17ClN2O2S. The average Bonchev–Trinajstić information content (AvgIpc) is 2.79. The molecule has 1 aromatic rings. The first-order chi connectivity index (χ1) is 8.41. The van der Waals surface area contributed by atoms with Gasteiger partial charge in [-0.1, -0.05) is 17.7 Å². The van der Waals surface area contributed by atoms with E-state index in [4.69, 9.17) is 17.3 Å². The Bertz CT molecular complexity index is 531. The molecule has 2 rings (SSSR count). The zero-order valence-electron chi connectivity index (χ0n) is 10.2. The molecule has 1 aliphatic heterocycles. The Kier molecular flexibility index (Phi) is 3.96. The molecule has 2 unspecified atom stereocenters. The summed E-state index contributed by atoms with van der Waals surface area (Å²) < 4.78 is 26.3. The third-order valence-electron chi connectivity index (χ3n) is 3.36. The summed E-state index contributed by atoms with van der Waals surface area (Å²) in [6, 6.07) is 6.38. The summed E-state index contributed by atoms with van der Waals surface area (Å²) in [6.45, 7) is 2.94. The smallest absolute Gasteiger partial charge is 0.243 e. The van der Waals surface area contributed by atoms with Gasteiger partial charge in [-0.05, 0) is 37.5 Å². The summed E-state index contributed by atoms with van der Waals surface area (Å²) in [5, 5.41) is 0.430. The van der Waals surface area contributed by atoms with Crippen molar-refractivity contribution in [1.82, 2.24) is 4.31 Å². The molecule has 0 aromatic heterocycles. The minimum absolute atomic E-state index is 0.0181. The Morgan fingerprint density at radius 1 is 1.50 bits per heavy atom. The molecular weight excluding hydrogens is 272 g/mol. The SMILES string of the molecule is CC(N)C1CCN(S(=O)(=O)c2cccc(Cl)c2)C1. The average molecular weight is 289 g/mol. The van der Waals surface area contributed by atoms with E-state index in [9.17, 15) is 8.42 Å². The predicted octanol–water partition coefficient (Wildman–Crippen LogP) is 1.70. The van der Waals surface area contributed by atoms with Crippen LogP contribution in [0.2, 0.25) is 5.02 Å². The number of sulfonamides is 1. The number of nitrogens with zero attached hydrogens (tertiary/aromatic N) is 1. The van der Waals surface area contributed by atoms with E-state index in [1.807, 2.05) is 6.92 Å². The maximum Gasteiger partial charge on any atom is 0.243 e. The van der Waals surface area contributed by atoms with Crippen LogP contribution in [0.15, 0.2) is 29.2 Å². The molecule has 1 heterocycles. The third-order valence-corrected chi connectivity index (χ3v) is 5.46. The molecule has 0 saturated carbocycles. The molecule has 0 amide bonds. The molecule has 0 spiro atoms. The number of hydrogen-bond donors (Lipinski definition) is 1. The highest BCUT2D eigenvalue weighted by molar-refractivity contribution is 7.89. The summed E-state index contributed by atoms with van der Waals surface area (Å²) in [5.74, 6) is 0.235. The highest BCUT2D eigenvalue weighted by Crippen LogP contribution is 2.26. The van der Waals surface area contributed by atoms with Crippen LogP contribution in [0.1, 0.15) is 13.3 Å². The number of halogens is 1. The van der Waals surface area contributed by atoms with Gasteiger partial charge in [0, 0.05) is 24.2 Å². The molecule has 2 atom stereocenters. The highest BCUT2D eigenvalue weighted by Gasteiger charge is 2.33. The second-order valence-corrected chi connectivity index (χ2v) is 7.10. The molecule has 0 aliphatic carbocycles. The molecule has 2 N–H and O–H groups in total. The van der Waals surface area contributed by atoms with Crippen molar-refractivity contribution < 1.29 is 8.42 Å². The minimum Gasteiger partial charge on any atom is -0.328 e. The van der Waals surface area contributed by atoms with E-state index < -0.39 is 10.0 Å². The largest absolute Gasteiger partial charge is 0.328 e. The van der Waals surface area contributed by atoms with Gasteiger partial charge in [0.2, 0.25) is 10.0 Å². The standard InChI is InChI=1S/C12H17ClN2O2S/c1-9(14)10-5-6-15(8-10)18(16,17)12-4-2-3-11(13)7-12/h2-4,7,9-10H,5-6,8,14H2,1H3. The fraction of sp³-hybridized carbons (Fsp3) is 0.500. The normalized spacial score (nSPS) is 23.2. The lowest BCUT2D eigenvalue weighted by molar-refractivity contribution is 0.429. The van der Waals surface area contributed by atoms with Crippen LogP contribution in [0.25, 0.3) is 0 Å². The lowest BCUT2D eigenvalue weighted by Gasteiger charge is -2.18. The first-order valence-corrected chi connectivity index (χ1v) is 7.74. The minimum atomic E-state index is -3.43. The lowest BCUT2D eigenvalue weighted by Crippen LogP contribution is -2.33. The van der Waals surface area contributed by atoms with Gasteiger partial charge in [-0.3, -0.25) is 0 Å². The van der Waals surface area contributed by atoms with Crippen molar-refractivity contribution in [3.05, 3.63) is 29.3 Å². The van der Waals surface area contributed by atoms with E-state index in [1.165, 1.54) is 10.4 Å². The van der Waals surface area contributed by atoms with Crippen LogP contribution in [-0.2, 0) is 10.0 Å². The monoisotopic (exact) mass is 288 g/mol. The van der Waals surface area contributed by atoms with Crippen molar-refractivity contribution in [2.24, 2.45) is 11.7 Å². The van der Waals surface area contributed by atoms with Crippen molar-refractivity contribution >= 4 is 21.6 Å². The quantitative estimate of drug-likeness (QED) is 0.921. The Morgan fingerprint density at radius 2 is 2.22 bits per heavy atom. The molecule has 1 saturated heterocycles. The van der Waals surface area contributed by atoms with Crippen LogP contribution in [-0.4, -0.2) is 31.9 Å². The topological polar surface area (TPSA) is 63.4 Å².